The van der Waals surface area contributed by atoms with E-state index in [1.54, 1.807) is 31.2 Å². The normalized spacial score (nSPS) is 12.3. The summed E-state index contributed by atoms with van der Waals surface area (Å²) in [5.74, 6) is -0.784. The smallest absolute Gasteiger partial charge is 0.261 e. The molecular formula is C22H20ClFN2O3S. The number of nitrogens with one attached hydrogen (secondary N) is 2. The molecule has 3 aromatic carbocycles. The molecule has 0 radical (unpaired) electrons. The fourth-order valence-electron chi connectivity index (χ4n) is 2.80. The van der Waals surface area contributed by atoms with Gasteiger partial charge in [-0.25, -0.2) is 12.8 Å². The number of anilines is 1. The van der Waals surface area contributed by atoms with Gasteiger partial charge in [-0.15, -0.1) is 0 Å². The van der Waals surface area contributed by atoms with Gasteiger partial charge in [-0.2, -0.15) is 0 Å². The van der Waals surface area contributed by atoms with E-state index in [1.165, 1.54) is 42.5 Å². The molecule has 0 heterocycles. The third-order valence-corrected chi connectivity index (χ3v) is 6.22. The number of halogens is 2. The first-order valence-corrected chi connectivity index (χ1v) is 11.0. The molecule has 1 atom stereocenters. The number of carbonyl (C=O) groups is 1. The van der Waals surface area contributed by atoms with Crippen molar-refractivity contribution in [1.82, 2.24) is 5.32 Å². The standard InChI is InChI=1S/C22H20ClFN2O3S/c1-14-3-10-19(11-4-14)30(28,29)26-18-9-12-20(21(23)13-18)22(27)25-15(2)16-5-7-17(24)8-6-16/h3-13,15,26H,1-2H3,(H,25,27)/t15-/m1/s1. The van der Waals surface area contributed by atoms with Gasteiger partial charge in [-0.3, -0.25) is 9.52 Å². The first-order valence-electron chi connectivity index (χ1n) is 9.11. The van der Waals surface area contributed by atoms with Gasteiger partial charge >= 0.3 is 0 Å². The van der Waals surface area contributed by atoms with Crippen molar-refractivity contribution in [2.75, 3.05) is 4.72 Å². The zero-order valence-corrected chi connectivity index (χ0v) is 17.9. The second kappa shape index (κ2) is 8.85. The Morgan fingerprint density at radius 3 is 2.23 bits per heavy atom. The van der Waals surface area contributed by atoms with E-state index in [0.29, 0.717) is 0 Å². The Hall–Kier alpha value is -2.90. The molecule has 0 aliphatic carbocycles. The molecule has 0 aliphatic rings. The highest BCUT2D eigenvalue weighted by Crippen LogP contribution is 2.24. The maximum absolute atomic E-state index is 13.1. The second-order valence-corrected chi connectivity index (χ2v) is 8.95. The number of hydrogen-bond acceptors (Lipinski definition) is 3. The van der Waals surface area contributed by atoms with E-state index in [9.17, 15) is 17.6 Å². The molecule has 0 fully saturated rings. The summed E-state index contributed by atoms with van der Waals surface area (Å²) >= 11 is 6.22. The van der Waals surface area contributed by atoms with E-state index >= 15 is 0 Å². The van der Waals surface area contributed by atoms with Gasteiger partial charge in [0.1, 0.15) is 5.82 Å². The number of carbonyl (C=O) groups excluding carboxylic acids is 1. The van der Waals surface area contributed by atoms with Gasteiger partial charge < -0.3 is 5.32 Å². The molecule has 0 aromatic heterocycles. The van der Waals surface area contributed by atoms with E-state index in [1.807, 2.05) is 6.92 Å². The lowest BCUT2D eigenvalue weighted by Gasteiger charge is -2.15. The Kier molecular flexibility index (Phi) is 6.43. The topological polar surface area (TPSA) is 75.3 Å². The molecular weight excluding hydrogens is 427 g/mol. The Labute approximate surface area is 179 Å². The Morgan fingerprint density at radius 2 is 1.63 bits per heavy atom. The SMILES string of the molecule is Cc1ccc(S(=O)(=O)Nc2ccc(C(=O)N[C@H](C)c3ccc(F)cc3)c(Cl)c2)cc1. The van der Waals surface area contributed by atoms with Crippen LogP contribution in [0.15, 0.2) is 71.6 Å². The lowest BCUT2D eigenvalue weighted by molar-refractivity contribution is 0.0940. The Balaban J connectivity index is 1.73. The van der Waals surface area contributed by atoms with E-state index in [4.69, 9.17) is 11.6 Å². The van der Waals surface area contributed by atoms with Gasteiger partial charge in [0, 0.05) is 0 Å². The van der Waals surface area contributed by atoms with E-state index in [0.717, 1.165) is 11.1 Å². The zero-order valence-electron chi connectivity index (χ0n) is 16.3. The number of aryl methyl sites for hydroxylation is 1. The molecule has 0 saturated heterocycles. The molecule has 8 heteroatoms. The van der Waals surface area contributed by atoms with E-state index in [-0.39, 0.29) is 33.0 Å². The fraction of sp³-hybridized carbons (Fsp3) is 0.136. The molecule has 0 aliphatic heterocycles. The summed E-state index contributed by atoms with van der Waals surface area (Å²) < 4.78 is 40.5. The highest BCUT2D eigenvalue weighted by molar-refractivity contribution is 7.92. The minimum absolute atomic E-state index is 0.0999. The van der Waals surface area contributed by atoms with Gasteiger partial charge in [0.25, 0.3) is 15.9 Å². The third-order valence-electron chi connectivity index (χ3n) is 4.51. The largest absolute Gasteiger partial charge is 0.345 e. The van der Waals surface area contributed by atoms with Crippen LogP contribution in [0.1, 0.15) is 34.5 Å². The summed E-state index contributed by atoms with van der Waals surface area (Å²) in [6, 6.07) is 16.2. The van der Waals surface area contributed by atoms with Crippen LogP contribution in [0.5, 0.6) is 0 Å². The van der Waals surface area contributed by atoms with Crippen molar-refractivity contribution in [1.29, 1.82) is 0 Å². The number of sulfonamides is 1. The van der Waals surface area contributed by atoms with Crippen LogP contribution in [0.25, 0.3) is 0 Å². The van der Waals surface area contributed by atoms with Crippen molar-refractivity contribution >= 4 is 33.2 Å². The van der Waals surface area contributed by atoms with Gasteiger partial charge in [0.2, 0.25) is 0 Å². The molecule has 3 rings (SSSR count). The minimum Gasteiger partial charge on any atom is -0.345 e. The summed E-state index contributed by atoms with van der Waals surface area (Å²) in [7, 11) is -3.78. The maximum Gasteiger partial charge on any atom is 0.261 e. The monoisotopic (exact) mass is 446 g/mol. The quantitative estimate of drug-likeness (QED) is 0.554. The predicted octanol–water partition coefficient (Wildman–Crippen LogP) is 5.08. The Bertz CT molecular complexity index is 1160. The summed E-state index contributed by atoms with van der Waals surface area (Å²) in [4.78, 5) is 12.7. The number of benzene rings is 3. The minimum atomic E-state index is -3.78. The number of rotatable bonds is 6. The fourth-order valence-corrected chi connectivity index (χ4v) is 4.12. The van der Waals surface area contributed by atoms with Crippen molar-refractivity contribution in [3.8, 4) is 0 Å². The van der Waals surface area contributed by atoms with Crippen LogP contribution in [0.4, 0.5) is 10.1 Å². The van der Waals surface area contributed by atoms with Crippen LogP contribution in [-0.4, -0.2) is 14.3 Å². The highest BCUT2D eigenvalue weighted by atomic mass is 35.5. The highest BCUT2D eigenvalue weighted by Gasteiger charge is 2.18. The van der Waals surface area contributed by atoms with Crippen molar-refractivity contribution in [2.24, 2.45) is 0 Å². The summed E-state index contributed by atoms with van der Waals surface area (Å²) in [6.07, 6.45) is 0. The predicted molar refractivity (Wildman–Crippen MR) is 116 cm³/mol. The van der Waals surface area contributed by atoms with Crippen molar-refractivity contribution in [3.63, 3.8) is 0 Å². The lowest BCUT2D eigenvalue weighted by atomic mass is 10.1. The van der Waals surface area contributed by atoms with Crippen LogP contribution < -0.4 is 10.0 Å². The average molecular weight is 447 g/mol. The molecule has 2 N–H and O–H groups in total. The molecule has 30 heavy (non-hydrogen) atoms. The van der Waals surface area contributed by atoms with E-state index < -0.39 is 15.9 Å². The zero-order chi connectivity index (χ0) is 21.9. The Morgan fingerprint density at radius 1 is 1.00 bits per heavy atom. The number of amides is 1. The van der Waals surface area contributed by atoms with Gasteiger partial charge in [-0.05, 0) is 61.9 Å². The summed E-state index contributed by atoms with van der Waals surface area (Å²) in [5.41, 5.74) is 2.12. The van der Waals surface area contributed by atoms with Crippen molar-refractivity contribution in [3.05, 3.63) is 94.3 Å². The molecule has 0 bridgehead atoms. The van der Waals surface area contributed by atoms with Crippen LogP contribution >= 0.6 is 11.6 Å². The molecule has 0 unspecified atom stereocenters. The summed E-state index contributed by atoms with van der Waals surface area (Å²) in [6.45, 7) is 3.63. The summed E-state index contributed by atoms with van der Waals surface area (Å²) in [5, 5.41) is 2.89. The van der Waals surface area contributed by atoms with Gasteiger partial charge in [0.15, 0.2) is 0 Å². The van der Waals surface area contributed by atoms with Gasteiger partial charge in [-0.1, -0.05) is 41.4 Å². The van der Waals surface area contributed by atoms with Crippen molar-refractivity contribution in [2.45, 2.75) is 24.8 Å². The number of hydrogen-bond donors (Lipinski definition) is 2. The molecule has 3 aromatic rings. The average Bonchev–Trinajstić information content (AvgIpc) is 2.68. The first-order chi connectivity index (χ1) is 14.2. The molecule has 5 nitrogen and oxygen atoms in total. The van der Waals surface area contributed by atoms with Crippen LogP contribution in [-0.2, 0) is 10.0 Å². The van der Waals surface area contributed by atoms with Crippen LogP contribution in [0.3, 0.4) is 0 Å². The molecule has 0 spiro atoms. The third kappa shape index (κ3) is 5.17. The van der Waals surface area contributed by atoms with Crippen LogP contribution in [0.2, 0.25) is 5.02 Å². The van der Waals surface area contributed by atoms with Crippen molar-refractivity contribution < 1.29 is 17.6 Å². The first kappa shape index (κ1) is 21.8. The van der Waals surface area contributed by atoms with Gasteiger partial charge in [0.05, 0.1) is 27.2 Å². The molecule has 1 amide bonds. The maximum atomic E-state index is 13.1. The molecule has 0 saturated carbocycles. The molecule has 156 valence electrons. The van der Waals surface area contributed by atoms with Crippen LogP contribution in [0, 0.1) is 12.7 Å². The second-order valence-electron chi connectivity index (χ2n) is 6.86. The van der Waals surface area contributed by atoms with E-state index in [2.05, 4.69) is 10.0 Å². The lowest BCUT2D eigenvalue weighted by Crippen LogP contribution is -2.27.